The lowest BCUT2D eigenvalue weighted by atomic mass is 10.1. The molecular weight excluding hydrogens is 138 g/mol. The van der Waals surface area contributed by atoms with E-state index in [1.807, 2.05) is 6.92 Å². The molecule has 0 N–H and O–H groups in total. The molecule has 58 valence electrons. The van der Waals surface area contributed by atoms with Crippen LogP contribution in [0.25, 0.3) is 11.6 Å². The maximum Gasteiger partial charge on any atom is 0.192 e. The second kappa shape index (κ2) is 2.22. The van der Waals surface area contributed by atoms with Gasteiger partial charge in [-0.3, -0.25) is 0 Å². The quantitative estimate of drug-likeness (QED) is 0.543. The molecule has 0 fully saturated rings. The second-order valence-corrected chi connectivity index (χ2v) is 2.97. The van der Waals surface area contributed by atoms with Gasteiger partial charge < -0.3 is 4.42 Å². The molecule has 0 aromatic carbocycles. The summed E-state index contributed by atoms with van der Waals surface area (Å²) < 4.78 is 5.44. The Morgan fingerprint density at radius 1 is 1.45 bits per heavy atom. The summed E-state index contributed by atoms with van der Waals surface area (Å²) >= 11 is 0. The van der Waals surface area contributed by atoms with Crippen LogP contribution in [-0.4, -0.2) is 4.98 Å². The molecule has 0 spiro atoms. The Kier molecular flexibility index (Phi) is 1.34. The lowest BCUT2D eigenvalue weighted by molar-refractivity contribution is 0.487. The van der Waals surface area contributed by atoms with Crippen molar-refractivity contribution in [3.05, 3.63) is 16.7 Å². The minimum atomic E-state index is 0.771. The third kappa shape index (κ3) is 0.985. The summed E-state index contributed by atoms with van der Waals surface area (Å²) in [5.41, 5.74) is 2.32. The van der Waals surface area contributed by atoms with Crippen LogP contribution in [0.4, 0.5) is 0 Å². The van der Waals surface area contributed by atoms with Crippen molar-refractivity contribution in [1.82, 2.24) is 4.98 Å². The van der Waals surface area contributed by atoms with E-state index >= 15 is 0 Å². The van der Waals surface area contributed by atoms with Gasteiger partial charge in [0.1, 0.15) is 5.35 Å². The van der Waals surface area contributed by atoms with Gasteiger partial charge in [-0.15, -0.1) is 0 Å². The van der Waals surface area contributed by atoms with Crippen molar-refractivity contribution in [3.8, 4) is 0 Å². The predicted molar refractivity (Wildman–Crippen MR) is 43.3 cm³/mol. The third-order valence-electron chi connectivity index (χ3n) is 2.00. The van der Waals surface area contributed by atoms with E-state index in [4.69, 9.17) is 4.42 Å². The first kappa shape index (κ1) is 6.65. The highest BCUT2D eigenvalue weighted by Gasteiger charge is 2.04. The first-order chi connectivity index (χ1) is 5.27. The van der Waals surface area contributed by atoms with Gasteiger partial charge in [0.2, 0.25) is 0 Å². The van der Waals surface area contributed by atoms with E-state index < -0.39 is 0 Å². The zero-order chi connectivity index (χ0) is 7.84. The highest BCUT2D eigenvalue weighted by molar-refractivity contribution is 5.44. The highest BCUT2D eigenvalue weighted by Crippen LogP contribution is 2.05. The van der Waals surface area contributed by atoms with Gasteiger partial charge in [0.15, 0.2) is 11.3 Å². The minimum Gasteiger partial charge on any atom is -0.441 e. The molecule has 0 saturated carbocycles. The molecule has 11 heavy (non-hydrogen) atoms. The molecule has 0 bridgehead atoms. The summed E-state index contributed by atoms with van der Waals surface area (Å²) in [5.74, 6) is 0.771. The fraction of sp³-hybridized carbons (Fsp3) is 0.444. The monoisotopic (exact) mass is 149 g/mol. The van der Waals surface area contributed by atoms with Crippen molar-refractivity contribution >= 4 is 11.6 Å². The van der Waals surface area contributed by atoms with E-state index in [0.29, 0.717) is 0 Å². The smallest absolute Gasteiger partial charge is 0.192 e. The largest absolute Gasteiger partial charge is 0.441 e. The Bertz CT molecular complexity index is 386. The van der Waals surface area contributed by atoms with Gasteiger partial charge in [0.25, 0.3) is 0 Å². The molecule has 2 heteroatoms. The van der Waals surface area contributed by atoms with E-state index in [-0.39, 0.29) is 0 Å². The molecule has 1 aliphatic carbocycles. The summed E-state index contributed by atoms with van der Waals surface area (Å²) in [6, 6.07) is 0. The molecule has 0 unspecified atom stereocenters. The fourth-order valence-corrected chi connectivity index (χ4v) is 1.43. The number of aryl methyl sites for hydroxylation is 1. The highest BCUT2D eigenvalue weighted by atomic mass is 16.3. The maximum absolute atomic E-state index is 5.44. The lowest BCUT2D eigenvalue weighted by Crippen LogP contribution is -2.26. The molecule has 2 rings (SSSR count). The van der Waals surface area contributed by atoms with Crippen molar-refractivity contribution in [2.24, 2.45) is 0 Å². The van der Waals surface area contributed by atoms with Crippen molar-refractivity contribution < 1.29 is 4.42 Å². The van der Waals surface area contributed by atoms with Crippen molar-refractivity contribution in [3.63, 3.8) is 0 Å². The van der Waals surface area contributed by atoms with E-state index in [1.165, 1.54) is 5.57 Å². The Hall–Kier alpha value is -1.05. The molecule has 2 nitrogen and oxygen atoms in total. The number of nitrogens with zero attached hydrogens (tertiary/aromatic N) is 1. The Morgan fingerprint density at radius 2 is 2.27 bits per heavy atom. The number of aromatic nitrogens is 1. The van der Waals surface area contributed by atoms with Gasteiger partial charge >= 0.3 is 0 Å². The molecule has 0 aliphatic heterocycles. The third-order valence-corrected chi connectivity index (χ3v) is 2.00. The van der Waals surface area contributed by atoms with Gasteiger partial charge in [-0.1, -0.05) is 6.08 Å². The molecule has 0 atom stereocenters. The second-order valence-electron chi connectivity index (χ2n) is 2.97. The lowest BCUT2D eigenvalue weighted by Gasteiger charge is -1.98. The first-order valence-corrected chi connectivity index (χ1v) is 3.91. The average Bonchev–Trinajstić information content (AvgIpc) is 2.31. The summed E-state index contributed by atoms with van der Waals surface area (Å²) in [7, 11) is 0. The van der Waals surface area contributed by atoms with Crippen LogP contribution in [0.5, 0.6) is 0 Å². The van der Waals surface area contributed by atoms with E-state index in [2.05, 4.69) is 18.0 Å². The molecular formula is C9H11NO. The Balaban J connectivity index is 2.88. The Labute approximate surface area is 65.2 Å². The number of hydrogen-bond acceptors (Lipinski definition) is 2. The molecule has 1 aromatic rings. The van der Waals surface area contributed by atoms with Crippen LogP contribution in [0, 0.1) is 6.92 Å². The van der Waals surface area contributed by atoms with Crippen LogP contribution in [0.2, 0.25) is 0 Å². The van der Waals surface area contributed by atoms with Crippen LogP contribution in [0.1, 0.15) is 25.7 Å². The minimum absolute atomic E-state index is 0.771. The van der Waals surface area contributed by atoms with Crippen molar-refractivity contribution in [2.75, 3.05) is 0 Å². The van der Waals surface area contributed by atoms with Crippen LogP contribution in [0.15, 0.2) is 4.42 Å². The fourth-order valence-electron chi connectivity index (χ4n) is 1.43. The van der Waals surface area contributed by atoms with E-state index in [1.54, 1.807) is 0 Å². The topological polar surface area (TPSA) is 26.0 Å². The molecule has 0 amide bonds. The van der Waals surface area contributed by atoms with Crippen LogP contribution >= 0.6 is 0 Å². The SMILES string of the molecule is CC1=c2oc(C)nc2=CCC1. The number of hydrogen-bond donors (Lipinski definition) is 0. The summed E-state index contributed by atoms with van der Waals surface area (Å²) in [4.78, 5) is 4.26. The van der Waals surface area contributed by atoms with Crippen LogP contribution in [0.3, 0.4) is 0 Å². The van der Waals surface area contributed by atoms with Gasteiger partial charge in [-0.25, -0.2) is 4.98 Å². The number of rotatable bonds is 0. The summed E-state index contributed by atoms with van der Waals surface area (Å²) in [5, 5.41) is 1.03. The van der Waals surface area contributed by atoms with Gasteiger partial charge in [0.05, 0.1) is 0 Å². The van der Waals surface area contributed by atoms with Crippen molar-refractivity contribution in [1.29, 1.82) is 0 Å². The molecule has 1 aromatic heterocycles. The van der Waals surface area contributed by atoms with Crippen LogP contribution < -0.4 is 10.8 Å². The Morgan fingerprint density at radius 3 is 3.00 bits per heavy atom. The summed E-state index contributed by atoms with van der Waals surface area (Å²) in [6.45, 7) is 4.00. The zero-order valence-electron chi connectivity index (χ0n) is 6.85. The van der Waals surface area contributed by atoms with E-state index in [0.717, 1.165) is 29.5 Å². The first-order valence-electron chi connectivity index (χ1n) is 3.91. The van der Waals surface area contributed by atoms with Gasteiger partial charge in [-0.05, 0) is 25.3 Å². The normalized spacial score (nSPS) is 16.0. The zero-order valence-corrected chi connectivity index (χ0v) is 6.85. The van der Waals surface area contributed by atoms with Crippen molar-refractivity contribution in [2.45, 2.75) is 26.7 Å². The van der Waals surface area contributed by atoms with Crippen LogP contribution in [-0.2, 0) is 0 Å². The molecule has 0 saturated heterocycles. The van der Waals surface area contributed by atoms with Gasteiger partial charge in [-0.2, -0.15) is 0 Å². The average molecular weight is 149 g/mol. The molecule has 0 radical (unpaired) electrons. The molecule has 1 heterocycles. The maximum atomic E-state index is 5.44. The number of oxazole rings is 1. The summed E-state index contributed by atoms with van der Waals surface area (Å²) in [6.07, 6.45) is 4.35. The predicted octanol–water partition coefficient (Wildman–Crippen LogP) is 0.728. The molecule has 1 aliphatic rings. The standard InChI is InChI=1S/C9H11NO/c1-6-4-3-5-8-9(6)11-7(2)10-8/h5H,3-4H2,1-2H3. The number of fused-ring (bicyclic) bond motifs is 1. The van der Waals surface area contributed by atoms with Gasteiger partial charge in [0, 0.05) is 6.92 Å². The van der Waals surface area contributed by atoms with E-state index in [9.17, 15) is 0 Å².